The van der Waals surface area contributed by atoms with E-state index in [9.17, 15) is 18.0 Å². The maximum atomic E-state index is 12.5. The first kappa shape index (κ1) is 18.6. The fourth-order valence-electron chi connectivity index (χ4n) is 2.99. The molecule has 0 saturated carbocycles. The lowest BCUT2D eigenvalue weighted by molar-refractivity contribution is -0.137. The van der Waals surface area contributed by atoms with Gasteiger partial charge in [0, 0.05) is 25.7 Å². The molecule has 24 heavy (non-hydrogen) atoms. The van der Waals surface area contributed by atoms with E-state index in [2.05, 4.69) is 5.32 Å². The molecule has 7 heteroatoms. The number of carbonyl (C=O) groups is 1. The summed E-state index contributed by atoms with van der Waals surface area (Å²) in [5.74, 6) is 0. The molecule has 0 unspecified atom stereocenters. The molecular formula is C17H23F3N2O2. The lowest BCUT2D eigenvalue weighted by Gasteiger charge is -2.35. The lowest BCUT2D eigenvalue weighted by atomic mass is 10.0. The van der Waals surface area contributed by atoms with E-state index >= 15 is 0 Å². The van der Waals surface area contributed by atoms with Crippen molar-refractivity contribution in [3.63, 3.8) is 0 Å². The first-order chi connectivity index (χ1) is 11.4. The zero-order chi connectivity index (χ0) is 17.6. The van der Waals surface area contributed by atoms with Crippen molar-refractivity contribution in [1.82, 2.24) is 10.2 Å². The van der Waals surface area contributed by atoms with Gasteiger partial charge in [-0.1, -0.05) is 12.1 Å². The summed E-state index contributed by atoms with van der Waals surface area (Å²) in [5.41, 5.74) is 0.0734. The highest BCUT2D eigenvalue weighted by atomic mass is 19.4. The molecular weight excluding hydrogens is 321 g/mol. The van der Waals surface area contributed by atoms with Crippen LogP contribution in [0.5, 0.6) is 0 Å². The Morgan fingerprint density at radius 1 is 1.25 bits per heavy atom. The van der Waals surface area contributed by atoms with Crippen LogP contribution in [0.3, 0.4) is 0 Å². The van der Waals surface area contributed by atoms with Gasteiger partial charge in [-0.2, -0.15) is 13.2 Å². The van der Waals surface area contributed by atoms with Gasteiger partial charge in [-0.3, -0.25) is 0 Å². The van der Waals surface area contributed by atoms with Crippen molar-refractivity contribution in [2.45, 2.75) is 44.3 Å². The summed E-state index contributed by atoms with van der Waals surface area (Å²) >= 11 is 0. The minimum atomic E-state index is -4.33. The van der Waals surface area contributed by atoms with Gasteiger partial charge in [0.05, 0.1) is 5.56 Å². The summed E-state index contributed by atoms with van der Waals surface area (Å²) in [5, 5.41) is 11.9. The molecule has 1 heterocycles. The Balaban J connectivity index is 1.81. The number of urea groups is 1. The number of piperidine rings is 1. The summed E-state index contributed by atoms with van der Waals surface area (Å²) in [4.78, 5) is 14.0. The normalized spacial score (nSPS) is 18.5. The molecule has 134 valence electrons. The highest BCUT2D eigenvalue weighted by molar-refractivity contribution is 5.74. The molecule has 1 saturated heterocycles. The predicted octanol–water partition coefficient (Wildman–Crippen LogP) is 3.19. The molecule has 0 bridgehead atoms. The number of aliphatic hydroxyl groups is 1. The number of benzene rings is 1. The van der Waals surface area contributed by atoms with Crippen LogP contribution in [0.4, 0.5) is 18.0 Å². The van der Waals surface area contributed by atoms with Gasteiger partial charge in [-0.15, -0.1) is 0 Å². The lowest BCUT2D eigenvalue weighted by Crippen LogP contribution is -2.49. The first-order valence-electron chi connectivity index (χ1n) is 8.23. The van der Waals surface area contributed by atoms with E-state index in [1.54, 1.807) is 4.90 Å². The Morgan fingerprint density at radius 2 is 1.96 bits per heavy atom. The van der Waals surface area contributed by atoms with Gasteiger partial charge in [0.15, 0.2) is 0 Å². The largest absolute Gasteiger partial charge is 0.416 e. The summed E-state index contributed by atoms with van der Waals surface area (Å²) < 4.78 is 37.5. The molecule has 2 rings (SSSR count). The van der Waals surface area contributed by atoms with Gasteiger partial charge in [-0.25, -0.2) is 4.79 Å². The Kier molecular flexibility index (Phi) is 6.48. The second-order valence-corrected chi connectivity index (χ2v) is 6.03. The highest BCUT2D eigenvalue weighted by Crippen LogP contribution is 2.29. The fourth-order valence-corrected chi connectivity index (χ4v) is 2.99. The second-order valence-electron chi connectivity index (χ2n) is 6.03. The van der Waals surface area contributed by atoms with E-state index < -0.39 is 11.7 Å². The molecule has 1 aliphatic rings. The molecule has 0 radical (unpaired) electrons. The standard InChI is InChI=1S/C17H23F3N2O2/c18-17(19,20)14-6-4-13(5-7-14)8-10-21-16(24)22-11-2-1-3-15(22)9-12-23/h4-7,15,23H,1-3,8-12H2,(H,21,24)/t15-/m0/s1. The molecule has 1 aromatic rings. The maximum Gasteiger partial charge on any atom is 0.416 e. The molecule has 0 aromatic heterocycles. The molecule has 2 amide bonds. The number of alkyl halides is 3. The van der Waals surface area contributed by atoms with Crippen LogP contribution in [0.1, 0.15) is 36.8 Å². The van der Waals surface area contributed by atoms with Crippen LogP contribution < -0.4 is 5.32 Å². The maximum absolute atomic E-state index is 12.5. The Labute approximate surface area is 139 Å². The average Bonchev–Trinajstić information content (AvgIpc) is 2.55. The monoisotopic (exact) mass is 344 g/mol. The van der Waals surface area contributed by atoms with E-state index in [1.165, 1.54) is 12.1 Å². The summed E-state index contributed by atoms with van der Waals surface area (Å²) in [6.07, 6.45) is -0.376. The number of hydrogen-bond acceptors (Lipinski definition) is 2. The van der Waals surface area contributed by atoms with Gasteiger partial charge in [0.25, 0.3) is 0 Å². The van der Waals surface area contributed by atoms with Gasteiger partial charge >= 0.3 is 12.2 Å². The zero-order valence-electron chi connectivity index (χ0n) is 13.5. The number of rotatable bonds is 5. The number of aliphatic hydroxyl groups excluding tert-OH is 1. The summed E-state index contributed by atoms with van der Waals surface area (Å²) in [6, 6.07) is 4.88. The van der Waals surface area contributed by atoms with Gasteiger partial charge < -0.3 is 15.3 Å². The third kappa shape index (κ3) is 5.12. The van der Waals surface area contributed by atoms with Crippen LogP contribution in [0, 0.1) is 0 Å². The fraction of sp³-hybridized carbons (Fsp3) is 0.588. The minimum Gasteiger partial charge on any atom is -0.396 e. The molecule has 1 fully saturated rings. The van der Waals surface area contributed by atoms with Crippen LogP contribution in [0.2, 0.25) is 0 Å². The SMILES string of the molecule is O=C(NCCc1ccc(C(F)(F)F)cc1)N1CCCC[C@H]1CCO. The van der Waals surface area contributed by atoms with Crippen LogP contribution in [0.25, 0.3) is 0 Å². The minimum absolute atomic E-state index is 0.0556. The summed E-state index contributed by atoms with van der Waals surface area (Å²) in [6.45, 7) is 1.10. The molecule has 2 N–H and O–H groups in total. The van der Waals surface area contributed by atoms with Crippen molar-refractivity contribution in [2.75, 3.05) is 19.7 Å². The average molecular weight is 344 g/mol. The van der Waals surface area contributed by atoms with Crippen molar-refractivity contribution in [2.24, 2.45) is 0 Å². The topological polar surface area (TPSA) is 52.6 Å². The Hall–Kier alpha value is -1.76. The third-order valence-corrected chi connectivity index (χ3v) is 4.32. The van der Waals surface area contributed by atoms with Crippen molar-refractivity contribution in [3.05, 3.63) is 35.4 Å². The van der Waals surface area contributed by atoms with E-state index in [1.807, 2.05) is 0 Å². The van der Waals surface area contributed by atoms with E-state index in [0.717, 1.165) is 37.0 Å². The quantitative estimate of drug-likeness (QED) is 0.862. The number of amides is 2. The Morgan fingerprint density at radius 3 is 2.58 bits per heavy atom. The van der Waals surface area contributed by atoms with Gasteiger partial charge in [0.1, 0.15) is 0 Å². The van der Waals surface area contributed by atoms with Crippen molar-refractivity contribution < 1.29 is 23.1 Å². The van der Waals surface area contributed by atoms with E-state index in [-0.39, 0.29) is 18.7 Å². The van der Waals surface area contributed by atoms with Crippen molar-refractivity contribution in [1.29, 1.82) is 0 Å². The number of hydrogen-bond donors (Lipinski definition) is 2. The number of carbonyl (C=O) groups excluding carboxylic acids is 1. The molecule has 0 aliphatic carbocycles. The zero-order valence-corrected chi connectivity index (χ0v) is 13.5. The van der Waals surface area contributed by atoms with Crippen LogP contribution >= 0.6 is 0 Å². The predicted molar refractivity (Wildman–Crippen MR) is 84.6 cm³/mol. The van der Waals surface area contributed by atoms with Gasteiger partial charge in [-0.05, 0) is 49.8 Å². The van der Waals surface area contributed by atoms with Crippen LogP contribution in [-0.2, 0) is 12.6 Å². The number of nitrogens with zero attached hydrogens (tertiary/aromatic N) is 1. The molecule has 1 atom stereocenters. The van der Waals surface area contributed by atoms with E-state index in [0.29, 0.717) is 25.9 Å². The molecule has 0 spiro atoms. The second kappa shape index (κ2) is 8.37. The molecule has 1 aromatic carbocycles. The number of halogens is 3. The molecule has 1 aliphatic heterocycles. The first-order valence-corrected chi connectivity index (χ1v) is 8.23. The smallest absolute Gasteiger partial charge is 0.396 e. The molecule has 4 nitrogen and oxygen atoms in total. The number of likely N-dealkylation sites (tertiary alicyclic amines) is 1. The van der Waals surface area contributed by atoms with Crippen LogP contribution in [0.15, 0.2) is 24.3 Å². The highest BCUT2D eigenvalue weighted by Gasteiger charge is 2.30. The van der Waals surface area contributed by atoms with E-state index in [4.69, 9.17) is 5.11 Å². The van der Waals surface area contributed by atoms with Gasteiger partial charge in [0.2, 0.25) is 0 Å². The Bertz CT molecular complexity index is 530. The van der Waals surface area contributed by atoms with Crippen LogP contribution in [-0.4, -0.2) is 41.8 Å². The third-order valence-electron chi connectivity index (χ3n) is 4.32. The van der Waals surface area contributed by atoms with Crippen molar-refractivity contribution >= 4 is 6.03 Å². The number of nitrogens with one attached hydrogen (secondary N) is 1. The van der Waals surface area contributed by atoms with Crippen molar-refractivity contribution in [3.8, 4) is 0 Å². The summed E-state index contributed by atoms with van der Waals surface area (Å²) in [7, 11) is 0.